The molecule has 0 atom stereocenters. The molecule has 4 nitrogen and oxygen atoms in total. The standard InChI is InChI=1S/C16H23NO3/c1-2-11-17(13-10-16(18)19)12-6-7-14-20-15-8-4-3-5-9-15/h2-5,8-9H,1,6-7,10-14H2,(H,18,19). The minimum atomic E-state index is -0.758. The van der Waals surface area contributed by atoms with Crippen LogP contribution in [-0.4, -0.2) is 42.2 Å². The highest BCUT2D eigenvalue weighted by molar-refractivity contribution is 5.66. The van der Waals surface area contributed by atoms with Crippen molar-refractivity contribution in [2.75, 3.05) is 26.2 Å². The minimum Gasteiger partial charge on any atom is -0.494 e. The van der Waals surface area contributed by atoms with Crippen molar-refractivity contribution in [3.8, 4) is 5.75 Å². The fraction of sp³-hybridized carbons (Fsp3) is 0.438. The Morgan fingerprint density at radius 1 is 1.25 bits per heavy atom. The van der Waals surface area contributed by atoms with Crippen molar-refractivity contribution in [1.82, 2.24) is 4.90 Å². The minimum absolute atomic E-state index is 0.175. The highest BCUT2D eigenvalue weighted by Crippen LogP contribution is 2.09. The first kappa shape index (κ1) is 16.2. The molecule has 1 N–H and O–H groups in total. The van der Waals surface area contributed by atoms with Gasteiger partial charge in [-0.15, -0.1) is 6.58 Å². The van der Waals surface area contributed by atoms with Gasteiger partial charge in [0.05, 0.1) is 13.0 Å². The van der Waals surface area contributed by atoms with Crippen LogP contribution in [0.4, 0.5) is 0 Å². The Bertz CT molecular complexity index is 392. The topological polar surface area (TPSA) is 49.8 Å². The lowest BCUT2D eigenvalue weighted by Gasteiger charge is -2.19. The molecule has 0 saturated heterocycles. The molecule has 0 spiro atoms. The fourth-order valence-electron chi connectivity index (χ4n) is 1.87. The number of rotatable bonds is 11. The fourth-order valence-corrected chi connectivity index (χ4v) is 1.87. The molecule has 0 unspecified atom stereocenters. The van der Waals surface area contributed by atoms with E-state index < -0.39 is 5.97 Å². The van der Waals surface area contributed by atoms with Gasteiger partial charge in [-0.2, -0.15) is 0 Å². The predicted molar refractivity (Wildman–Crippen MR) is 80.1 cm³/mol. The second kappa shape index (κ2) is 10.0. The maximum Gasteiger partial charge on any atom is 0.304 e. The van der Waals surface area contributed by atoms with Crippen molar-refractivity contribution >= 4 is 5.97 Å². The number of nitrogens with zero attached hydrogens (tertiary/aromatic N) is 1. The van der Waals surface area contributed by atoms with Crippen LogP contribution in [0.5, 0.6) is 5.75 Å². The van der Waals surface area contributed by atoms with Gasteiger partial charge in [0.25, 0.3) is 0 Å². The highest BCUT2D eigenvalue weighted by atomic mass is 16.5. The number of unbranched alkanes of at least 4 members (excludes halogenated alkanes) is 1. The van der Waals surface area contributed by atoms with Gasteiger partial charge in [0.1, 0.15) is 5.75 Å². The van der Waals surface area contributed by atoms with Crippen molar-refractivity contribution in [1.29, 1.82) is 0 Å². The Morgan fingerprint density at radius 3 is 2.65 bits per heavy atom. The SMILES string of the molecule is C=CCN(CCCCOc1ccccc1)CCC(=O)O. The van der Waals surface area contributed by atoms with Crippen LogP contribution in [0.25, 0.3) is 0 Å². The molecule has 0 heterocycles. The van der Waals surface area contributed by atoms with E-state index in [1.54, 1.807) is 0 Å². The first-order valence-electron chi connectivity index (χ1n) is 6.95. The van der Waals surface area contributed by atoms with Crippen molar-refractivity contribution < 1.29 is 14.6 Å². The lowest BCUT2D eigenvalue weighted by molar-refractivity contribution is -0.137. The molecule has 0 fully saturated rings. The van der Waals surface area contributed by atoms with Crippen molar-refractivity contribution in [3.63, 3.8) is 0 Å². The Morgan fingerprint density at radius 2 is 2.00 bits per heavy atom. The van der Waals surface area contributed by atoms with Crippen LogP contribution >= 0.6 is 0 Å². The molecular formula is C16H23NO3. The molecule has 1 rings (SSSR count). The van der Waals surface area contributed by atoms with E-state index in [1.807, 2.05) is 36.4 Å². The van der Waals surface area contributed by atoms with E-state index in [1.165, 1.54) is 0 Å². The summed E-state index contributed by atoms with van der Waals surface area (Å²) in [6.45, 7) is 6.56. The summed E-state index contributed by atoms with van der Waals surface area (Å²) in [4.78, 5) is 12.7. The third-order valence-electron chi connectivity index (χ3n) is 2.91. The van der Waals surface area contributed by atoms with Crippen molar-refractivity contribution in [3.05, 3.63) is 43.0 Å². The van der Waals surface area contributed by atoms with E-state index in [4.69, 9.17) is 9.84 Å². The molecule has 0 amide bonds. The number of aliphatic carboxylic acids is 1. The van der Waals surface area contributed by atoms with E-state index in [0.29, 0.717) is 13.2 Å². The third kappa shape index (κ3) is 7.59. The van der Waals surface area contributed by atoms with Gasteiger partial charge in [-0.25, -0.2) is 0 Å². The van der Waals surface area contributed by atoms with Gasteiger partial charge in [0, 0.05) is 13.1 Å². The molecule has 0 aliphatic carbocycles. The second-order valence-corrected chi connectivity index (χ2v) is 4.60. The van der Waals surface area contributed by atoms with Crippen LogP contribution < -0.4 is 4.74 Å². The summed E-state index contributed by atoms with van der Waals surface area (Å²) in [6.07, 6.45) is 3.92. The van der Waals surface area contributed by atoms with E-state index in [-0.39, 0.29) is 6.42 Å². The zero-order valence-electron chi connectivity index (χ0n) is 11.8. The maximum absolute atomic E-state index is 10.6. The van der Waals surface area contributed by atoms with E-state index in [2.05, 4.69) is 11.5 Å². The Balaban J connectivity index is 2.13. The number of carboxylic acid groups (broad SMARTS) is 1. The summed E-state index contributed by atoms with van der Waals surface area (Å²) in [5.41, 5.74) is 0. The number of carbonyl (C=O) groups is 1. The first-order chi connectivity index (χ1) is 9.72. The van der Waals surface area contributed by atoms with Gasteiger partial charge >= 0.3 is 5.97 Å². The molecule has 0 bridgehead atoms. The highest BCUT2D eigenvalue weighted by Gasteiger charge is 2.05. The quantitative estimate of drug-likeness (QED) is 0.499. The van der Waals surface area contributed by atoms with Crippen LogP contribution in [0.2, 0.25) is 0 Å². The molecule has 4 heteroatoms. The average Bonchev–Trinajstić information content (AvgIpc) is 2.45. The number of para-hydroxylation sites is 1. The Labute approximate surface area is 120 Å². The van der Waals surface area contributed by atoms with Crippen LogP contribution in [0.1, 0.15) is 19.3 Å². The molecule has 0 aromatic heterocycles. The average molecular weight is 277 g/mol. The summed E-state index contributed by atoms with van der Waals surface area (Å²) < 4.78 is 5.61. The molecule has 1 aromatic carbocycles. The zero-order chi connectivity index (χ0) is 14.6. The largest absolute Gasteiger partial charge is 0.494 e. The van der Waals surface area contributed by atoms with Gasteiger partial charge in [-0.05, 0) is 31.5 Å². The maximum atomic E-state index is 10.6. The zero-order valence-corrected chi connectivity index (χ0v) is 11.8. The number of hydrogen-bond acceptors (Lipinski definition) is 3. The summed E-state index contributed by atoms with van der Waals surface area (Å²) in [5, 5.41) is 8.69. The van der Waals surface area contributed by atoms with Gasteiger partial charge < -0.3 is 9.84 Å². The smallest absolute Gasteiger partial charge is 0.304 e. The van der Waals surface area contributed by atoms with E-state index in [9.17, 15) is 4.79 Å². The molecule has 20 heavy (non-hydrogen) atoms. The van der Waals surface area contributed by atoms with E-state index in [0.717, 1.165) is 31.7 Å². The predicted octanol–water partition coefficient (Wildman–Crippen LogP) is 2.81. The van der Waals surface area contributed by atoms with Crippen LogP contribution in [-0.2, 0) is 4.79 Å². The molecular weight excluding hydrogens is 254 g/mol. The van der Waals surface area contributed by atoms with E-state index >= 15 is 0 Å². The van der Waals surface area contributed by atoms with Crippen LogP contribution in [0.3, 0.4) is 0 Å². The van der Waals surface area contributed by atoms with Gasteiger partial charge in [-0.3, -0.25) is 9.69 Å². The molecule has 0 radical (unpaired) electrons. The molecule has 0 saturated carbocycles. The molecule has 0 aliphatic heterocycles. The van der Waals surface area contributed by atoms with Gasteiger partial charge in [0.2, 0.25) is 0 Å². The monoisotopic (exact) mass is 277 g/mol. The van der Waals surface area contributed by atoms with Crippen molar-refractivity contribution in [2.45, 2.75) is 19.3 Å². The number of carboxylic acids is 1. The van der Waals surface area contributed by atoms with Gasteiger partial charge in [0.15, 0.2) is 0 Å². The third-order valence-corrected chi connectivity index (χ3v) is 2.91. The molecule has 110 valence electrons. The van der Waals surface area contributed by atoms with Crippen LogP contribution in [0, 0.1) is 0 Å². The molecule has 1 aromatic rings. The van der Waals surface area contributed by atoms with Crippen LogP contribution in [0.15, 0.2) is 43.0 Å². The lowest BCUT2D eigenvalue weighted by Crippen LogP contribution is -2.28. The first-order valence-corrected chi connectivity index (χ1v) is 6.95. The lowest BCUT2D eigenvalue weighted by atomic mass is 10.2. The van der Waals surface area contributed by atoms with Crippen molar-refractivity contribution in [2.24, 2.45) is 0 Å². The summed E-state index contributed by atoms with van der Waals surface area (Å²) in [7, 11) is 0. The molecule has 0 aliphatic rings. The summed E-state index contributed by atoms with van der Waals surface area (Å²) in [6, 6.07) is 9.75. The number of hydrogen-bond donors (Lipinski definition) is 1. The number of ether oxygens (including phenoxy) is 1. The summed E-state index contributed by atoms with van der Waals surface area (Å²) in [5.74, 6) is 0.132. The normalized spacial score (nSPS) is 10.4. The Hall–Kier alpha value is -1.81. The summed E-state index contributed by atoms with van der Waals surface area (Å²) >= 11 is 0. The Kier molecular flexibility index (Phi) is 8.15. The van der Waals surface area contributed by atoms with Gasteiger partial charge in [-0.1, -0.05) is 24.3 Å². The number of benzene rings is 1. The second-order valence-electron chi connectivity index (χ2n) is 4.60.